The molecular weight excluding hydrogens is 258 g/mol. The van der Waals surface area contributed by atoms with Crippen molar-refractivity contribution < 1.29 is 9.84 Å². The number of rotatable bonds is 7. The molecule has 1 aliphatic rings. The normalized spacial score (nSPS) is 17.6. The van der Waals surface area contributed by atoms with E-state index in [1.807, 2.05) is 6.20 Å². The molecule has 20 heavy (non-hydrogen) atoms. The van der Waals surface area contributed by atoms with Gasteiger partial charge in [0.1, 0.15) is 0 Å². The highest BCUT2D eigenvalue weighted by Crippen LogP contribution is 2.15. The van der Waals surface area contributed by atoms with Gasteiger partial charge < -0.3 is 15.2 Å². The van der Waals surface area contributed by atoms with Crippen LogP contribution in [-0.2, 0) is 17.8 Å². The monoisotopic (exact) mass is 283 g/mol. The van der Waals surface area contributed by atoms with Gasteiger partial charge in [-0.15, -0.1) is 5.10 Å². The average Bonchev–Trinajstić information content (AvgIpc) is 2.88. The average molecular weight is 283 g/mol. The molecular formula is C13H25N5O2. The Labute approximate surface area is 119 Å². The highest BCUT2D eigenvalue weighted by molar-refractivity contribution is 4.93. The minimum Gasteiger partial charge on any atom is -0.394 e. The second-order valence-corrected chi connectivity index (χ2v) is 5.71. The van der Waals surface area contributed by atoms with E-state index in [0.717, 1.165) is 38.5 Å². The summed E-state index contributed by atoms with van der Waals surface area (Å²) in [5, 5.41) is 20.3. The van der Waals surface area contributed by atoms with Gasteiger partial charge in [0, 0.05) is 37.9 Å². The molecule has 1 saturated heterocycles. The van der Waals surface area contributed by atoms with E-state index >= 15 is 0 Å². The molecule has 2 rings (SSSR count). The zero-order chi connectivity index (χ0) is 14.4. The van der Waals surface area contributed by atoms with E-state index < -0.39 is 0 Å². The quantitative estimate of drug-likeness (QED) is 0.701. The van der Waals surface area contributed by atoms with Crippen LogP contribution in [0.15, 0.2) is 6.20 Å². The molecule has 1 aromatic rings. The number of nitrogens with one attached hydrogen (secondary N) is 1. The molecule has 7 heteroatoms. The predicted molar refractivity (Wildman–Crippen MR) is 75.3 cm³/mol. The number of aromatic nitrogens is 3. The standard InChI is InChI=1S/C13H25N5O2/c1-13(2,17-4-7-20-8-5-17)11-14-9-12-10-18(3-6-19)16-15-12/h10,14,19H,3-9,11H2,1-2H3. The van der Waals surface area contributed by atoms with Crippen LogP contribution in [-0.4, -0.2) is 70.0 Å². The molecule has 0 aliphatic carbocycles. The van der Waals surface area contributed by atoms with Gasteiger partial charge in [0.05, 0.1) is 32.1 Å². The Bertz CT molecular complexity index is 401. The van der Waals surface area contributed by atoms with E-state index in [0.29, 0.717) is 13.1 Å². The van der Waals surface area contributed by atoms with E-state index in [1.54, 1.807) is 4.68 Å². The molecule has 0 saturated carbocycles. The number of aliphatic hydroxyl groups excluding tert-OH is 1. The molecule has 2 N–H and O–H groups in total. The predicted octanol–water partition coefficient (Wildman–Crippen LogP) is -0.529. The van der Waals surface area contributed by atoms with Crippen molar-refractivity contribution in [1.29, 1.82) is 0 Å². The number of nitrogens with zero attached hydrogens (tertiary/aromatic N) is 4. The first-order valence-corrected chi connectivity index (χ1v) is 7.15. The summed E-state index contributed by atoms with van der Waals surface area (Å²) in [7, 11) is 0. The van der Waals surface area contributed by atoms with E-state index in [9.17, 15) is 0 Å². The Kier molecular flexibility index (Phi) is 5.47. The Morgan fingerprint density at radius 1 is 1.40 bits per heavy atom. The van der Waals surface area contributed by atoms with Crippen LogP contribution in [0.2, 0.25) is 0 Å². The summed E-state index contributed by atoms with van der Waals surface area (Å²) < 4.78 is 7.05. The first-order chi connectivity index (χ1) is 9.62. The van der Waals surface area contributed by atoms with E-state index in [1.165, 1.54) is 0 Å². The zero-order valence-corrected chi connectivity index (χ0v) is 12.4. The number of aliphatic hydroxyl groups is 1. The largest absolute Gasteiger partial charge is 0.394 e. The first-order valence-electron chi connectivity index (χ1n) is 7.15. The van der Waals surface area contributed by atoms with Gasteiger partial charge in [-0.3, -0.25) is 4.90 Å². The molecule has 0 aromatic carbocycles. The molecule has 0 atom stereocenters. The van der Waals surface area contributed by atoms with Gasteiger partial charge in [0.25, 0.3) is 0 Å². The van der Waals surface area contributed by atoms with Gasteiger partial charge >= 0.3 is 0 Å². The van der Waals surface area contributed by atoms with Crippen LogP contribution in [0.3, 0.4) is 0 Å². The third-order valence-electron chi connectivity index (χ3n) is 3.65. The van der Waals surface area contributed by atoms with Crippen molar-refractivity contribution in [3.63, 3.8) is 0 Å². The first kappa shape index (κ1) is 15.4. The molecule has 2 heterocycles. The Hall–Kier alpha value is -1.02. The lowest BCUT2D eigenvalue weighted by molar-refractivity contribution is -0.00968. The lowest BCUT2D eigenvalue weighted by atomic mass is 10.0. The molecule has 1 fully saturated rings. The van der Waals surface area contributed by atoms with E-state index in [2.05, 4.69) is 34.4 Å². The topological polar surface area (TPSA) is 75.4 Å². The summed E-state index contributed by atoms with van der Waals surface area (Å²) in [6.45, 7) is 10.3. The van der Waals surface area contributed by atoms with Gasteiger partial charge in [0.15, 0.2) is 0 Å². The van der Waals surface area contributed by atoms with Crippen molar-refractivity contribution in [1.82, 2.24) is 25.2 Å². The van der Waals surface area contributed by atoms with Crippen LogP contribution in [0.4, 0.5) is 0 Å². The number of hydrogen-bond acceptors (Lipinski definition) is 6. The van der Waals surface area contributed by atoms with Crippen molar-refractivity contribution >= 4 is 0 Å². The molecule has 114 valence electrons. The third kappa shape index (κ3) is 4.24. The van der Waals surface area contributed by atoms with Crippen LogP contribution < -0.4 is 5.32 Å². The number of hydrogen-bond donors (Lipinski definition) is 2. The third-order valence-corrected chi connectivity index (χ3v) is 3.65. The van der Waals surface area contributed by atoms with Crippen LogP contribution in [0.1, 0.15) is 19.5 Å². The molecule has 0 radical (unpaired) electrons. The van der Waals surface area contributed by atoms with Gasteiger partial charge in [0.2, 0.25) is 0 Å². The summed E-state index contributed by atoms with van der Waals surface area (Å²) in [5.74, 6) is 0. The van der Waals surface area contributed by atoms with Gasteiger partial charge in [-0.25, -0.2) is 4.68 Å². The van der Waals surface area contributed by atoms with E-state index in [4.69, 9.17) is 9.84 Å². The van der Waals surface area contributed by atoms with Crippen molar-refractivity contribution in [2.75, 3.05) is 39.5 Å². The zero-order valence-electron chi connectivity index (χ0n) is 12.4. The Balaban J connectivity index is 1.75. The van der Waals surface area contributed by atoms with Crippen molar-refractivity contribution in [2.24, 2.45) is 0 Å². The molecule has 0 bridgehead atoms. The Morgan fingerprint density at radius 2 is 2.15 bits per heavy atom. The molecule has 7 nitrogen and oxygen atoms in total. The van der Waals surface area contributed by atoms with E-state index in [-0.39, 0.29) is 12.1 Å². The van der Waals surface area contributed by atoms with Crippen molar-refractivity contribution in [2.45, 2.75) is 32.5 Å². The minimum atomic E-state index is 0.0836. The fourth-order valence-corrected chi connectivity index (χ4v) is 2.41. The fraction of sp³-hybridized carbons (Fsp3) is 0.846. The SMILES string of the molecule is CC(C)(CNCc1cn(CCO)nn1)N1CCOCC1. The number of morpholine rings is 1. The second-order valence-electron chi connectivity index (χ2n) is 5.71. The maximum Gasteiger partial charge on any atom is 0.0964 e. The summed E-state index contributed by atoms with van der Waals surface area (Å²) in [6, 6.07) is 0. The maximum atomic E-state index is 8.84. The Morgan fingerprint density at radius 3 is 2.85 bits per heavy atom. The van der Waals surface area contributed by atoms with Crippen LogP contribution in [0.25, 0.3) is 0 Å². The van der Waals surface area contributed by atoms with Crippen LogP contribution >= 0.6 is 0 Å². The van der Waals surface area contributed by atoms with Gasteiger partial charge in [-0.2, -0.15) is 0 Å². The summed E-state index contributed by atoms with van der Waals surface area (Å²) in [5.41, 5.74) is 1.00. The second kappa shape index (κ2) is 7.12. The van der Waals surface area contributed by atoms with Crippen molar-refractivity contribution in [3.8, 4) is 0 Å². The highest BCUT2D eigenvalue weighted by Gasteiger charge is 2.27. The highest BCUT2D eigenvalue weighted by atomic mass is 16.5. The number of ether oxygens (including phenoxy) is 1. The van der Waals surface area contributed by atoms with Gasteiger partial charge in [-0.1, -0.05) is 5.21 Å². The smallest absolute Gasteiger partial charge is 0.0964 e. The lowest BCUT2D eigenvalue weighted by Crippen LogP contribution is -2.54. The molecule has 1 aliphatic heterocycles. The maximum absolute atomic E-state index is 8.84. The van der Waals surface area contributed by atoms with Crippen molar-refractivity contribution in [3.05, 3.63) is 11.9 Å². The summed E-state index contributed by atoms with van der Waals surface area (Å²) in [4.78, 5) is 2.45. The molecule has 0 unspecified atom stereocenters. The lowest BCUT2D eigenvalue weighted by Gasteiger charge is -2.41. The summed E-state index contributed by atoms with van der Waals surface area (Å²) >= 11 is 0. The van der Waals surface area contributed by atoms with Crippen LogP contribution in [0, 0.1) is 0 Å². The van der Waals surface area contributed by atoms with Gasteiger partial charge in [-0.05, 0) is 13.8 Å². The fourth-order valence-electron chi connectivity index (χ4n) is 2.41. The molecule has 1 aromatic heterocycles. The van der Waals surface area contributed by atoms with Crippen LogP contribution in [0.5, 0.6) is 0 Å². The summed E-state index contributed by atoms with van der Waals surface area (Å²) in [6.07, 6.45) is 1.87. The molecule has 0 amide bonds. The minimum absolute atomic E-state index is 0.0836. The molecule has 0 spiro atoms.